The summed E-state index contributed by atoms with van der Waals surface area (Å²) >= 11 is 5.79. The number of para-hydroxylation sites is 1. The number of rotatable bonds is 6. The molecule has 1 aromatic heterocycles. The first-order valence-corrected chi connectivity index (χ1v) is 10.1. The zero-order valence-corrected chi connectivity index (χ0v) is 17.3. The Kier molecular flexibility index (Phi) is 6.47. The standard InChI is InChI=1S/C22H20ClFN4O3/c23-18-12-17(6-7-19(18)24)31-21-13-20(25-15-26-21)27-8-10-28(11-9-27)22(29)14-30-16-4-2-1-3-5-16/h1-7,12-13,15H,8-11,14H2. The first-order valence-electron chi connectivity index (χ1n) is 9.74. The van der Waals surface area contributed by atoms with E-state index < -0.39 is 5.82 Å². The third-order valence-corrected chi connectivity index (χ3v) is 5.09. The fraction of sp³-hybridized carbons (Fsp3) is 0.227. The minimum Gasteiger partial charge on any atom is -0.484 e. The molecule has 2 heterocycles. The van der Waals surface area contributed by atoms with E-state index in [1.807, 2.05) is 35.2 Å². The molecule has 0 saturated carbocycles. The summed E-state index contributed by atoms with van der Waals surface area (Å²) in [6.07, 6.45) is 1.40. The molecule has 160 valence electrons. The van der Waals surface area contributed by atoms with Crippen LogP contribution in [0.4, 0.5) is 10.2 Å². The Morgan fingerprint density at radius 1 is 1.00 bits per heavy atom. The number of ether oxygens (including phenoxy) is 2. The molecule has 1 amide bonds. The first kappa shape index (κ1) is 20.9. The predicted octanol–water partition coefficient (Wildman–Crippen LogP) is 3.79. The van der Waals surface area contributed by atoms with Crippen molar-refractivity contribution in [3.63, 3.8) is 0 Å². The van der Waals surface area contributed by atoms with Gasteiger partial charge in [0, 0.05) is 38.3 Å². The van der Waals surface area contributed by atoms with Crippen molar-refractivity contribution in [1.82, 2.24) is 14.9 Å². The Labute approximate surface area is 184 Å². The van der Waals surface area contributed by atoms with Crippen LogP contribution in [0.25, 0.3) is 0 Å². The molecule has 0 bridgehead atoms. The second-order valence-electron chi connectivity index (χ2n) is 6.86. The predicted molar refractivity (Wildman–Crippen MR) is 114 cm³/mol. The molecule has 0 spiro atoms. The van der Waals surface area contributed by atoms with Gasteiger partial charge < -0.3 is 19.3 Å². The van der Waals surface area contributed by atoms with Crippen molar-refractivity contribution in [2.45, 2.75) is 0 Å². The fourth-order valence-electron chi connectivity index (χ4n) is 3.16. The maximum atomic E-state index is 13.3. The molecule has 31 heavy (non-hydrogen) atoms. The van der Waals surface area contributed by atoms with Crippen molar-refractivity contribution in [2.24, 2.45) is 0 Å². The number of hydrogen-bond acceptors (Lipinski definition) is 6. The van der Waals surface area contributed by atoms with E-state index in [4.69, 9.17) is 21.1 Å². The van der Waals surface area contributed by atoms with Crippen molar-refractivity contribution in [1.29, 1.82) is 0 Å². The number of benzene rings is 2. The second kappa shape index (κ2) is 9.61. The normalized spacial score (nSPS) is 13.7. The third-order valence-electron chi connectivity index (χ3n) is 4.80. The largest absolute Gasteiger partial charge is 0.484 e. The smallest absolute Gasteiger partial charge is 0.260 e. The average molecular weight is 443 g/mol. The first-order chi connectivity index (χ1) is 15.1. The molecule has 2 aromatic carbocycles. The summed E-state index contributed by atoms with van der Waals surface area (Å²) in [5.41, 5.74) is 0. The van der Waals surface area contributed by atoms with Gasteiger partial charge in [0.2, 0.25) is 5.88 Å². The number of hydrogen-bond donors (Lipinski definition) is 0. The molecule has 0 atom stereocenters. The number of aromatic nitrogens is 2. The third kappa shape index (κ3) is 5.40. The minimum absolute atomic E-state index is 0.00966. The number of carbonyl (C=O) groups is 1. The molecule has 7 nitrogen and oxygen atoms in total. The summed E-state index contributed by atoms with van der Waals surface area (Å²) in [4.78, 5) is 24.7. The van der Waals surface area contributed by atoms with Crippen LogP contribution in [0.3, 0.4) is 0 Å². The van der Waals surface area contributed by atoms with Crippen molar-refractivity contribution in [3.8, 4) is 17.4 Å². The lowest BCUT2D eigenvalue weighted by Crippen LogP contribution is -2.50. The van der Waals surface area contributed by atoms with Crippen LogP contribution >= 0.6 is 11.6 Å². The van der Waals surface area contributed by atoms with E-state index in [0.29, 0.717) is 49.4 Å². The van der Waals surface area contributed by atoms with E-state index in [2.05, 4.69) is 9.97 Å². The molecule has 1 aliphatic heterocycles. The zero-order valence-electron chi connectivity index (χ0n) is 16.6. The van der Waals surface area contributed by atoms with Gasteiger partial charge in [-0.2, -0.15) is 0 Å². The summed E-state index contributed by atoms with van der Waals surface area (Å²) in [6, 6.07) is 15.1. The molecule has 0 radical (unpaired) electrons. The van der Waals surface area contributed by atoms with Crippen LogP contribution in [0.1, 0.15) is 0 Å². The van der Waals surface area contributed by atoms with Crippen molar-refractivity contribution >= 4 is 23.3 Å². The van der Waals surface area contributed by atoms with Gasteiger partial charge in [-0.15, -0.1) is 0 Å². The van der Waals surface area contributed by atoms with Gasteiger partial charge in [0.05, 0.1) is 5.02 Å². The molecule has 0 N–H and O–H groups in total. The Hall–Kier alpha value is -3.39. The highest BCUT2D eigenvalue weighted by atomic mass is 35.5. The van der Waals surface area contributed by atoms with E-state index in [1.54, 1.807) is 11.0 Å². The summed E-state index contributed by atoms with van der Waals surface area (Å²) in [5, 5.41) is -0.0242. The van der Waals surface area contributed by atoms with Crippen molar-refractivity contribution in [3.05, 3.63) is 71.8 Å². The highest BCUT2D eigenvalue weighted by Gasteiger charge is 2.22. The molecular weight excluding hydrogens is 423 g/mol. The van der Waals surface area contributed by atoms with Crippen LogP contribution in [0.15, 0.2) is 60.9 Å². The van der Waals surface area contributed by atoms with Gasteiger partial charge >= 0.3 is 0 Å². The van der Waals surface area contributed by atoms with E-state index in [9.17, 15) is 9.18 Å². The number of carbonyl (C=O) groups excluding carboxylic acids is 1. The topological polar surface area (TPSA) is 67.8 Å². The molecule has 9 heteroatoms. The van der Waals surface area contributed by atoms with Gasteiger partial charge in [-0.25, -0.2) is 14.4 Å². The van der Waals surface area contributed by atoms with Crippen LogP contribution in [-0.2, 0) is 4.79 Å². The SMILES string of the molecule is O=C(COc1ccccc1)N1CCN(c2cc(Oc3ccc(F)c(Cl)c3)ncn2)CC1. The van der Waals surface area contributed by atoms with E-state index in [0.717, 1.165) is 0 Å². The van der Waals surface area contributed by atoms with E-state index >= 15 is 0 Å². The lowest BCUT2D eigenvalue weighted by molar-refractivity contribution is -0.133. The van der Waals surface area contributed by atoms with Crippen LogP contribution in [0, 0.1) is 5.82 Å². The average Bonchev–Trinajstić information content (AvgIpc) is 2.81. The van der Waals surface area contributed by atoms with Crippen molar-refractivity contribution in [2.75, 3.05) is 37.7 Å². The molecule has 4 rings (SSSR count). The quantitative estimate of drug-likeness (QED) is 0.578. The maximum Gasteiger partial charge on any atom is 0.260 e. The highest BCUT2D eigenvalue weighted by Crippen LogP contribution is 2.26. The molecule has 0 unspecified atom stereocenters. The van der Waals surface area contributed by atoms with Gasteiger partial charge in [0.15, 0.2) is 6.61 Å². The maximum absolute atomic E-state index is 13.3. The Morgan fingerprint density at radius 2 is 1.77 bits per heavy atom. The molecule has 1 aliphatic rings. The number of anilines is 1. The van der Waals surface area contributed by atoms with E-state index in [-0.39, 0.29) is 17.5 Å². The Bertz CT molecular complexity index is 1050. The summed E-state index contributed by atoms with van der Waals surface area (Å²) in [5.74, 6) is 1.49. The monoisotopic (exact) mass is 442 g/mol. The van der Waals surface area contributed by atoms with Gasteiger partial charge in [-0.3, -0.25) is 4.79 Å². The van der Waals surface area contributed by atoms with Gasteiger partial charge in [-0.1, -0.05) is 29.8 Å². The van der Waals surface area contributed by atoms with Crippen LogP contribution in [0.2, 0.25) is 5.02 Å². The van der Waals surface area contributed by atoms with Gasteiger partial charge in [-0.05, 0) is 24.3 Å². The fourth-order valence-corrected chi connectivity index (χ4v) is 3.33. The Morgan fingerprint density at radius 3 is 2.52 bits per heavy atom. The molecule has 0 aliphatic carbocycles. The van der Waals surface area contributed by atoms with Gasteiger partial charge in [0.25, 0.3) is 5.91 Å². The number of halogens is 2. The minimum atomic E-state index is -0.515. The summed E-state index contributed by atoms with van der Waals surface area (Å²) < 4.78 is 24.5. The van der Waals surface area contributed by atoms with E-state index in [1.165, 1.54) is 24.5 Å². The molecular formula is C22H20ClFN4O3. The number of nitrogens with zero attached hydrogens (tertiary/aromatic N) is 4. The molecule has 3 aromatic rings. The lowest BCUT2D eigenvalue weighted by Gasteiger charge is -2.35. The van der Waals surface area contributed by atoms with Gasteiger partial charge in [0.1, 0.15) is 29.5 Å². The Balaban J connectivity index is 1.31. The molecule has 1 fully saturated rings. The van der Waals surface area contributed by atoms with Crippen LogP contribution < -0.4 is 14.4 Å². The number of amides is 1. The highest BCUT2D eigenvalue weighted by molar-refractivity contribution is 6.30. The van der Waals surface area contributed by atoms with Crippen molar-refractivity contribution < 1.29 is 18.7 Å². The van der Waals surface area contributed by atoms with Crippen LogP contribution in [-0.4, -0.2) is 53.6 Å². The lowest BCUT2D eigenvalue weighted by atomic mass is 10.3. The zero-order chi connectivity index (χ0) is 21.6. The second-order valence-corrected chi connectivity index (χ2v) is 7.27. The number of piperazine rings is 1. The van der Waals surface area contributed by atoms with Crippen LogP contribution in [0.5, 0.6) is 17.4 Å². The molecule has 1 saturated heterocycles. The summed E-state index contributed by atoms with van der Waals surface area (Å²) in [7, 11) is 0. The summed E-state index contributed by atoms with van der Waals surface area (Å²) in [6.45, 7) is 2.37.